The van der Waals surface area contributed by atoms with Crippen LogP contribution in [0.15, 0.2) is 36.4 Å². The number of ether oxygens (including phenoxy) is 3. The predicted octanol–water partition coefficient (Wildman–Crippen LogP) is 2.95. The zero-order valence-electron chi connectivity index (χ0n) is 14.1. The number of carbonyl (C=O) groups excluding carboxylic acids is 1. The van der Waals surface area contributed by atoms with E-state index >= 15 is 0 Å². The van der Waals surface area contributed by atoms with Crippen LogP contribution >= 0.6 is 0 Å². The van der Waals surface area contributed by atoms with E-state index < -0.39 is 12.2 Å². The van der Waals surface area contributed by atoms with E-state index in [-0.39, 0.29) is 11.3 Å². The maximum Gasteiger partial charge on any atom is 0.304 e. The van der Waals surface area contributed by atoms with Crippen LogP contribution in [-0.2, 0) is 9.53 Å². The number of carbonyl (C=O) groups is 1. The molecule has 130 valence electrons. The van der Waals surface area contributed by atoms with Gasteiger partial charge in [0.25, 0.3) is 0 Å². The van der Waals surface area contributed by atoms with Crippen molar-refractivity contribution in [1.82, 2.24) is 0 Å². The van der Waals surface area contributed by atoms with E-state index in [1.807, 2.05) is 6.07 Å². The molecule has 2 aromatic carbocycles. The molecule has 0 bridgehead atoms. The largest absolute Gasteiger partial charge is 0.506 e. The number of methoxy groups -OCH3 is 2. The monoisotopic (exact) mass is 342 g/mol. The van der Waals surface area contributed by atoms with Gasteiger partial charge in [-0.05, 0) is 24.3 Å². The van der Waals surface area contributed by atoms with E-state index in [1.165, 1.54) is 33.3 Å². The molecule has 0 aliphatic heterocycles. The number of nitrogens with one attached hydrogen (secondary N) is 1. The highest BCUT2D eigenvalue weighted by molar-refractivity contribution is 5.67. The van der Waals surface area contributed by atoms with Gasteiger partial charge in [0.15, 0.2) is 6.23 Å². The number of hydrogen-bond donors (Lipinski definition) is 2. The van der Waals surface area contributed by atoms with Gasteiger partial charge >= 0.3 is 5.97 Å². The number of hydrogen-bond acceptors (Lipinski definition) is 7. The molecule has 0 spiro atoms. The highest BCUT2D eigenvalue weighted by atomic mass is 16.6. The first-order valence-electron chi connectivity index (χ1n) is 7.36. The summed E-state index contributed by atoms with van der Waals surface area (Å²) in [6, 6.07) is 11.4. The molecule has 0 fully saturated rings. The predicted molar refractivity (Wildman–Crippen MR) is 90.5 cm³/mol. The number of phenols is 1. The summed E-state index contributed by atoms with van der Waals surface area (Å²) in [5.74, 6) is 0.418. The molecule has 2 N–H and O–H groups in total. The number of aromatic hydroxyl groups is 1. The van der Waals surface area contributed by atoms with Gasteiger partial charge in [0.05, 0.1) is 19.8 Å². The number of phenolic OH excluding ortho intramolecular Hbond substituents is 1. The quantitative estimate of drug-likeness (QED) is 0.615. The van der Waals surface area contributed by atoms with Gasteiger partial charge in [0.1, 0.15) is 23.3 Å². The third-order valence-electron chi connectivity index (χ3n) is 3.38. The smallest absolute Gasteiger partial charge is 0.304 e. The second-order valence-electron chi connectivity index (χ2n) is 5.12. The fraction of sp³-hybridized carbons (Fsp3) is 0.222. The standard InChI is InChI=1S/C18H18N2O5/c1-11(21)25-18(13-6-15(23-2)9-16(7-13)24-3)20-14-5-4-12(10-19)17(22)8-14/h4-9,18,20,22H,1-3H3. The molecule has 0 aromatic heterocycles. The van der Waals surface area contributed by atoms with Gasteiger partial charge in [-0.3, -0.25) is 4.79 Å². The lowest BCUT2D eigenvalue weighted by molar-refractivity contribution is -0.145. The van der Waals surface area contributed by atoms with Crippen molar-refractivity contribution in [3.63, 3.8) is 0 Å². The van der Waals surface area contributed by atoms with Crippen molar-refractivity contribution in [2.45, 2.75) is 13.2 Å². The van der Waals surface area contributed by atoms with Gasteiger partial charge in [-0.1, -0.05) is 0 Å². The molecule has 25 heavy (non-hydrogen) atoms. The van der Waals surface area contributed by atoms with Crippen LogP contribution in [0.2, 0.25) is 0 Å². The molecular weight excluding hydrogens is 324 g/mol. The fourth-order valence-electron chi connectivity index (χ4n) is 2.19. The lowest BCUT2D eigenvalue weighted by Crippen LogP contribution is -2.17. The van der Waals surface area contributed by atoms with Crippen molar-refractivity contribution in [1.29, 1.82) is 5.26 Å². The van der Waals surface area contributed by atoms with Crippen molar-refractivity contribution in [3.8, 4) is 23.3 Å². The summed E-state index contributed by atoms with van der Waals surface area (Å²) in [5, 5.41) is 21.7. The molecule has 2 rings (SSSR count). The Bertz CT molecular complexity index is 791. The second-order valence-corrected chi connectivity index (χ2v) is 5.12. The molecular formula is C18H18N2O5. The van der Waals surface area contributed by atoms with Crippen molar-refractivity contribution in [3.05, 3.63) is 47.5 Å². The Hall–Kier alpha value is -3.40. The third-order valence-corrected chi connectivity index (χ3v) is 3.38. The molecule has 0 aliphatic carbocycles. The lowest BCUT2D eigenvalue weighted by Gasteiger charge is -2.21. The summed E-state index contributed by atoms with van der Waals surface area (Å²) in [5.41, 5.74) is 1.22. The topological polar surface area (TPSA) is 101 Å². The van der Waals surface area contributed by atoms with Crippen LogP contribution in [0.3, 0.4) is 0 Å². The number of nitriles is 1. The van der Waals surface area contributed by atoms with E-state index in [9.17, 15) is 9.90 Å². The first-order valence-corrected chi connectivity index (χ1v) is 7.36. The highest BCUT2D eigenvalue weighted by Crippen LogP contribution is 2.30. The zero-order valence-corrected chi connectivity index (χ0v) is 14.1. The minimum Gasteiger partial charge on any atom is -0.506 e. The Morgan fingerprint density at radius 2 is 1.80 bits per heavy atom. The molecule has 1 unspecified atom stereocenters. The molecule has 1 atom stereocenters. The van der Waals surface area contributed by atoms with Crippen LogP contribution in [-0.4, -0.2) is 25.3 Å². The van der Waals surface area contributed by atoms with Gasteiger partial charge in [0.2, 0.25) is 0 Å². The number of rotatable bonds is 6. The van der Waals surface area contributed by atoms with E-state index in [1.54, 1.807) is 24.3 Å². The van der Waals surface area contributed by atoms with Crippen LogP contribution in [0.4, 0.5) is 5.69 Å². The summed E-state index contributed by atoms with van der Waals surface area (Å²) in [6.07, 6.45) is -0.839. The van der Waals surface area contributed by atoms with Crippen LogP contribution in [0.25, 0.3) is 0 Å². The zero-order chi connectivity index (χ0) is 18.4. The Morgan fingerprint density at radius 3 is 2.28 bits per heavy atom. The first-order chi connectivity index (χ1) is 12.0. The summed E-state index contributed by atoms with van der Waals surface area (Å²) < 4.78 is 15.8. The van der Waals surface area contributed by atoms with Crippen LogP contribution < -0.4 is 14.8 Å². The Labute approximate surface area is 145 Å². The molecule has 2 aromatic rings. The SMILES string of the molecule is COc1cc(OC)cc(C(Nc2ccc(C#N)c(O)c2)OC(C)=O)c1. The van der Waals surface area contributed by atoms with E-state index in [0.717, 1.165) is 0 Å². The van der Waals surface area contributed by atoms with Crippen LogP contribution in [0.1, 0.15) is 24.3 Å². The maximum atomic E-state index is 11.5. The normalized spacial score (nSPS) is 11.1. The highest BCUT2D eigenvalue weighted by Gasteiger charge is 2.18. The minimum atomic E-state index is -0.839. The number of nitrogens with zero attached hydrogens (tertiary/aromatic N) is 1. The fourth-order valence-corrected chi connectivity index (χ4v) is 2.19. The van der Waals surface area contributed by atoms with Crippen molar-refractivity contribution >= 4 is 11.7 Å². The Kier molecular flexibility index (Phi) is 5.69. The summed E-state index contributed by atoms with van der Waals surface area (Å²) in [4.78, 5) is 11.5. The maximum absolute atomic E-state index is 11.5. The summed E-state index contributed by atoms with van der Waals surface area (Å²) >= 11 is 0. The van der Waals surface area contributed by atoms with Gasteiger partial charge in [0, 0.05) is 30.3 Å². The molecule has 7 heteroatoms. The summed E-state index contributed by atoms with van der Waals surface area (Å²) in [6.45, 7) is 1.29. The van der Waals surface area contributed by atoms with Gasteiger partial charge in [-0.2, -0.15) is 5.26 Å². The molecule has 0 saturated carbocycles. The van der Waals surface area contributed by atoms with Crippen LogP contribution in [0.5, 0.6) is 17.2 Å². The number of anilines is 1. The van der Waals surface area contributed by atoms with Gasteiger partial charge in [-0.25, -0.2) is 0 Å². The molecule has 0 aliphatic rings. The third kappa shape index (κ3) is 4.54. The first kappa shape index (κ1) is 17.9. The molecule has 7 nitrogen and oxygen atoms in total. The number of esters is 1. The van der Waals surface area contributed by atoms with Gasteiger partial charge < -0.3 is 24.6 Å². The van der Waals surface area contributed by atoms with Crippen molar-refractivity contribution in [2.24, 2.45) is 0 Å². The molecule has 0 radical (unpaired) electrons. The second kappa shape index (κ2) is 7.93. The molecule has 0 heterocycles. The minimum absolute atomic E-state index is 0.151. The van der Waals surface area contributed by atoms with E-state index in [0.29, 0.717) is 22.7 Å². The van der Waals surface area contributed by atoms with E-state index in [2.05, 4.69) is 5.32 Å². The Morgan fingerprint density at radius 1 is 1.16 bits per heavy atom. The molecule has 0 amide bonds. The van der Waals surface area contributed by atoms with Gasteiger partial charge in [-0.15, -0.1) is 0 Å². The average Bonchev–Trinajstić information content (AvgIpc) is 2.60. The van der Waals surface area contributed by atoms with E-state index in [4.69, 9.17) is 19.5 Å². The Balaban J connectivity index is 2.38. The number of benzene rings is 2. The van der Waals surface area contributed by atoms with Crippen molar-refractivity contribution < 1.29 is 24.1 Å². The lowest BCUT2D eigenvalue weighted by atomic mass is 10.1. The summed E-state index contributed by atoms with van der Waals surface area (Å²) in [7, 11) is 3.04. The molecule has 0 saturated heterocycles. The average molecular weight is 342 g/mol. The van der Waals surface area contributed by atoms with Crippen LogP contribution in [0, 0.1) is 11.3 Å². The van der Waals surface area contributed by atoms with Crippen molar-refractivity contribution in [2.75, 3.05) is 19.5 Å².